The molecule has 1 heterocycles. The van der Waals surface area contributed by atoms with Crippen LogP contribution in [-0.4, -0.2) is 65.4 Å². The lowest BCUT2D eigenvalue weighted by Crippen LogP contribution is -2.47. The van der Waals surface area contributed by atoms with Crippen LogP contribution in [0.15, 0.2) is 42.5 Å². The number of hydrogen-bond donors (Lipinski definition) is 1. The van der Waals surface area contributed by atoms with Crippen LogP contribution in [-0.2, 0) is 6.54 Å². The second-order valence-electron chi connectivity index (χ2n) is 10.5. The van der Waals surface area contributed by atoms with Gasteiger partial charge in [-0.1, -0.05) is 29.8 Å². The zero-order valence-corrected chi connectivity index (χ0v) is 22.0. The summed E-state index contributed by atoms with van der Waals surface area (Å²) in [6.07, 6.45) is 1.45. The minimum atomic E-state index is -0.759. The van der Waals surface area contributed by atoms with Crippen molar-refractivity contribution < 1.29 is 14.6 Å². The van der Waals surface area contributed by atoms with Gasteiger partial charge in [0.2, 0.25) is 0 Å². The molecule has 0 amide bonds. The zero-order valence-electron chi connectivity index (χ0n) is 22.0. The molecule has 0 aliphatic carbocycles. The first-order chi connectivity index (χ1) is 16.1. The van der Waals surface area contributed by atoms with Crippen molar-refractivity contribution in [2.24, 2.45) is 0 Å². The summed E-state index contributed by atoms with van der Waals surface area (Å²) in [6, 6.07) is 15.7. The third-order valence-electron chi connectivity index (χ3n) is 6.89. The molecule has 188 valence electrons. The van der Waals surface area contributed by atoms with E-state index >= 15 is 0 Å². The average Bonchev–Trinajstić information content (AvgIpc) is 2.78. The standard InChI is InChI=1S/C29H44N2O3/c1-22(2)31(23(3)4)17-18-33-27-10-8-26(9-11-27)20-30-15-13-29(32,14-16-30)21-34-28-12-7-24(5)19-25(28)6/h7-12,19,22-23,32H,13-18,20-21H2,1-6H3. The van der Waals surface area contributed by atoms with Crippen molar-refractivity contribution in [2.45, 2.75) is 78.6 Å². The van der Waals surface area contributed by atoms with Crippen LogP contribution in [0.1, 0.15) is 57.2 Å². The van der Waals surface area contributed by atoms with Crippen molar-refractivity contribution in [2.75, 3.05) is 32.8 Å². The lowest BCUT2D eigenvalue weighted by molar-refractivity contribution is -0.0538. The molecule has 5 nitrogen and oxygen atoms in total. The van der Waals surface area contributed by atoms with Crippen molar-refractivity contribution in [3.8, 4) is 11.5 Å². The Bertz CT molecular complexity index is 879. The Kier molecular flexibility index (Phi) is 9.40. The van der Waals surface area contributed by atoms with Gasteiger partial charge in [-0.15, -0.1) is 0 Å². The molecular weight excluding hydrogens is 424 g/mol. The van der Waals surface area contributed by atoms with Crippen LogP contribution < -0.4 is 9.47 Å². The minimum Gasteiger partial charge on any atom is -0.492 e. The van der Waals surface area contributed by atoms with E-state index in [1.54, 1.807) is 0 Å². The molecule has 2 aromatic carbocycles. The highest BCUT2D eigenvalue weighted by atomic mass is 16.5. The summed E-state index contributed by atoms with van der Waals surface area (Å²) in [5, 5.41) is 11.0. The van der Waals surface area contributed by atoms with Gasteiger partial charge >= 0.3 is 0 Å². The Labute approximate surface area is 206 Å². The quantitative estimate of drug-likeness (QED) is 0.491. The number of aliphatic hydroxyl groups is 1. The number of hydrogen-bond acceptors (Lipinski definition) is 5. The Morgan fingerprint density at radius 3 is 2.18 bits per heavy atom. The first kappa shape index (κ1) is 26.5. The zero-order chi connectivity index (χ0) is 24.7. The molecule has 1 fully saturated rings. The van der Waals surface area contributed by atoms with Gasteiger partial charge in [0.15, 0.2) is 0 Å². The Morgan fingerprint density at radius 1 is 0.941 bits per heavy atom. The third kappa shape index (κ3) is 7.72. The number of benzene rings is 2. The molecule has 0 bridgehead atoms. The third-order valence-corrected chi connectivity index (χ3v) is 6.89. The first-order valence-corrected chi connectivity index (χ1v) is 12.8. The SMILES string of the molecule is Cc1ccc(OCC2(O)CCN(Cc3ccc(OCCN(C(C)C)C(C)C)cc3)CC2)c(C)c1. The van der Waals surface area contributed by atoms with Crippen molar-refractivity contribution in [3.63, 3.8) is 0 Å². The van der Waals surface area contributed by atoms with E-state index in [1.165, 1.54) is 11.1 Å². The maximum Gasteiger partial charge on any atom is 0.122 e. The molecule has 5 heteroatoms. The van der Waals surface area contributed by atoms with Crippen molar-refractivity contribution in [1.82, 2.24) is 9.80 Å². The van der Waals surface area contributed by atoms with Gasteiger partial charge in [0.1, 0.15) is 30.3 Å². The summed E-state index contributed by atoms with van der Waals surface area (Å²) in [7, 11) is 0. The fourth-order valence-electron chi connectivity index (χ4n) is 4.78. The van der Waals surface area contributed by atoms with Gasteiger partial charge in [-0.25, -0.2) is 0 Å². The fraction of sp³-hybridized carbons (Fsp3) is 0.586. The molecule has 0 radical (unpaired) electrons. The summed E-state index contributed by atoms with van der Waals surface area (Å²) in [6.45, 7) is 17.7. The van der Waals surface area contributed by atoms with E-state index in [2.05, 4.69) is 87.7 Å². The van der Waals surface area contributed by atoms with Gasteiger partial charge in [-0.2, -0.15) is 0 Å². The predicted molar refractivity (Wildman–Crippen MR) is 140 cm³/mol. The number of piperidine rings is 1. The molecule has 1 aliphatic heterocycles. The van der Waals surface area contributed by atoms with Crippen LogP contribution in [0.3, 0.4) is 0 Å². The van der Waals surface area contributed by atoms with Crippen LogP contribution in [0.4, 0.5) is 0 Å². The topological polar surface area (TPSA) is 45.2 Å². The molecule has 3 rings (SSSR count). The highest BCUT2D eigenvalue weighted by Gasteiger charge is 2.33. The Hall–Kier alpha value is -2.08. The second kappa shape index (κ2) is 12.1. The lowest BCUT2D eigenvalue weighted by Gasteiger charge is -2.38. The first-order valence-electron chi connectivity index (χ1n) is 12.8. The summed E-state index contributed by atoms with van der Waals surface area (Å²) < 4.78 is 12.0. The van der Waals surface area contributed by atoms with Gasteiger partial charge < -0.3 is 14.6 Å². The van der Waals surface area contributed by atoms with E-state index in [-0.39, 0.29) is 0 Å². The molecule has 0 spiro atoms. The average molecular weight is 469 g/mol. The molecule has 0 unspecified atom stereocenters. The van der Waals surface area contributed by atoms with E-state index in [9.17, 15) is 5.11 Å². The van der Waals surface area contributed by atoms with Crippen LogP contribution in [0, 0.1) is 13.8 Å². The molecule has 2 aromatic rings. The molecule has 1 aliphatic rings. The van der Waals surface area contributed by atoms with Crippen LogP contribution in [0.25, 0.3) is 0 Å². The van der Waals surface area contributed by atoms with E-state index in [1.807, 2.05) is 6.07 Å². The Morgan fingerprint density at radius 2 is 1.59 bits per heavy atom. The van der Waals surface area contributed by atoms with Gasteiger partial charge in [0.25, 0.3) is 0 Å². The summed E-state index contributed by atoms with van der Waals surface area (Å²) in [4.78, 5) is 4.85. The summed E-state index contributed by atoms with van der Waals surface area (Å²) >= 11 is 0. The lowest BCUT2D eigenvalue weighted by atomic mass is 9.92. The molecule has 0 saturated carbocycles. The molecule has 1 N–H and O–H groups in total. The summed E-state index contributed by atoms with van der Waals surface area (Å²) in [5.41, 5.74) is 2.85. The number of likely N-dealkylation sites (tertiary alicyclic amines) is 1. The fourth-order valence-corrected chi connectivity index (χ4v) is 4.78. The van der Waals surface area contributed by atoms with E-state index in [4.69, 9.17) is 9.47 Å². The number of aryl methyl sites for hydroxylation is 2. The van der Waals surface area contributed by atoms with E-state index < -0.39 is 5.60 Å². The second-order valence-corrected chi connectivity index (χ2v) is 10.5. The Balaban J connectivity index is 1.41. The maximum absolute atomic E-state index is 11.0. The number of nitrogens with zero attached hydrogens (tertiary/aromatic N) is 2. The van der Waals surface area contributed by atoms with E-state index in [0.717, 1.165) is 56.1 Å². The van der Waals surface area contributed by atoms with Crippen molar-refractivity contribution >= 4 is 0 Å². The molecular formula is C29H44N2O3. The van der Waals surface area contributed by atoms with Crippen LogP contribution in [0.5, 0.6) is 11.5 Å². The smallest absolute Gasteiger partial charge is 0.122 e. The molecule has 1 saturated heterocycles. The number of ether oxygens (including phenoxy) is 2. The van der Waals surface area contributed by atoms with E-state index in [0.29, 0.717) is 25.3 Å². The summed E-state index contributed by atoms with van der Waals surface area (Å²) in [5.74, 6) is 1.79. The maximum atomic E-state index is 11.0. The largest absolute Gasteiger partial charge is 0.492 e. The molecule has 34 heavy (non-hydrogen) atoms. The van der Waals surface area contributed by atoms with Crippen molar-refractivity contribution in [3.05, 3.63) is 59.2 Å². The normalized spacial score (nSPS) is 16.4. The monoisotopic (exact) mass is 468 g/mol. The van der Waals surface area contributed by atoms with Gasteiger partial charge in [-0.3, -0.25) is 9.80 Å². The van der Waals surface area contributed by atoms with Gasteiger partial charge in [0.05, 0.1) is 0 Å². The van der Waals surface area contributed by atoms with Gasteiger partial charge in [-0.05, 0) is 83.7 Å². The molecule has 0 atom stereocenters. The minimum absolute atomic E-state index is 0.349. The highest BCUT2D eigenvalue weighted by molar-refractivity contribution is 5.35. The van der Waals surface area contributed by atoms with Crippen molar-refractivity contribution in [1.29, 1.82) is 0 Å². The molecule has 0 aromatic heterocycles. The number of rotatable bonds is 11. The van der Waals surface area contributed by atoms with Crippen LogP contribution >= 0.6 is 0 Å². The highest BCUT2D eigenvalue weighted by Crippen LogP contribution is 2.27. The van der Waals surface area contributed by atoms with Gasteiger partial charge in [0, 0.05) is 38.3 Å². The predicted octanol–water partition coefficient (Wildman–Crippen LogP) is 5.21. The van der Waals surface area contributed by atoms with Crippen LogP contribution in [0.2, 0.25) is 0 Å².